The Hall–Kier alpha value is -2.21. The zero-order chi connectivity index (χ0) is 17.8. The minimum absolute atomic E-state index is 0.466. The van der Waals surface area contributed by atoms with Crippen LogP contribution in [0.15, 0.2) is 34.6 Å². The predicted octanol–water partition coefficient (Wildman–Crippen LogP) is 2.82. The smallest absolute Gasteiger partial charge is 0.418 e. The summed E-state index contributed by atoms with van der Waals surface area (Å²) >= 11 is 0. The number of para-hydroxylation sites is 1. The van der Waals surface area contributed by atoms with E-state index in [0.29, 0.717) is 17.4 Å². The van der Waals surface area contributed by atoms with Crippen molar-refractivity contribution in [3.63, 3.8) is 0 Å². The molecular formula is C11H17BF4N5O2+. The number of rotatable bonds is 1. The molecule has 1 unspecified atom stereocenters. The van der Waals surface area contributed by atoms with Gasteiger partial charge in [0.15, 0.2) is 10.6 Å². The van der Waals surface area contributed by atoms with Crippen LogP contribution in [0.4, 0.5) is 28.6 Å². The van der Waals surface area contributed by atoms with E-state index < -0.39 is 12.2 Å². The molecule has 1 aliphatic rings. The topological polar surface area (TPSA) is 60.4 Å². The van der Waals surface area contributed by atoms with Crippen LogP contribution in [-0.2, 0) is 4.84 Å². The second-order valence-corrected chi connectivity index (χ2v) is 4.88. The molecule has 7 nitrogen and oxygen atoms in total. The van der Waals surface area contributed by atoms with E-state index in [0.717, 1.165) is 0 Å². The van der Waals surface area contributed by atoms with Crippen molar-refractivity contribution in [2.45, 2.75) is 0 Å². The molecule has 128 valence electrons. The summed E-state index contributed by atoms with van der Waals surface area (Å²) in [5.41, 5.74) is 1.08. The van der Waals surface area contributed by atoms with Crippen molar-refractivity contribution < 1.29 is 31.9 Å². The quantitative estimate of drug-likeness (QED) is 0.214. The zero-order valence-electron chi connectivity index (χ0n) is 13.0. The summed E-state index contributed by atoms with van der Waals surface area (Å²) in [6, 6.07) is 7.58. The second kappa shape index (κ2) is 6.92. The van der Waals surface area contributed by atoms with E-state index in [1.54, 1.807) is 27.7 Å². The molecule has 1 aromatic rings. The van der Waals surface area contributed by atoms with Gasteiger partial charge in [0, 0.05) is 6.07 Å². The minimum Gasteiger partial charge on any atom is -0.418 e. The third-order valence-corrected chi connectivity index (χ3v) is 2.44. The molecule has 0 amide bonds. The monoisotopic (exact) mass is 338 g/mol. The van der Waals surface area contributed by atoms with Gasteiger partial charge in [0.1, 0.15) is 5.22 Å². The molecule has 1 aromatic carbocycles. The molecule has 1 aliphatic heterocycles. The number of hydrogen-bond donors (Lipinski definition) is 1. The molecule has 0 aliphatic carbocycles. The van der Waals surface area contributed by atoms with Crippen molar-refractivity contribution in [1.82, 2.24) is 9.82 Å². The molecule has 0 bridgehead atoms. The number of halogens is 4. The second-order valence-electron chi connectivity index (χ2n) is 4.88. The van der Waals surface area contributed by atoms with Gasteiger partial charge in [-0.25, -0.2) is 9.48 Å². The highest BCUT2D eigenvalue weighted by Gasteiger charge is 2.45. The first-order valence-corrected chi connectivity index (χ1v) is 6.37. The summed E-state index contributed by atoms with van der Waals surface area (Å²) in [7, 11) is 1.28. The molecule has 0 fully saturated rings. The fraction of sp³-hybridized carbons (Fsp3) is 0.364. The summed E-state index contributed by atoms with van der Waals surface area (Å²) in [5, 5.41) is 18.1. The predicted molar refractivity (Wildman–Crippen MR) is 76.6 cm³/mol. The number of fused-ring (bicyclic) bond motifs is 1. The van der Waals surface area contributed by atoms with Crippen LogP contribution in [0.5, 0.6) is 0 Å². The van der Waals surface area contributed by atoms with Crippen LogP contribution in [0.1, 0.15) is 0 Å². The molecule has 12 heteroatoms. The maximum absolute atomic E-state index is 10.4. The summed E-state index contributed by atoms with van der Waals surface area (Å²) in [6.07, 6.45) is 0. The Balaban J connectivity index is 0.000000463. The van der Waals surface area contributed by atoms with E-state index in [1.807, 2.05) is 34.3 Å². The van der Waals surface area contributed by atoms with Gasteiger partial charge in [-0.05, 0) is 6.07 Å². The van der Waals surface area contributed by atoms with Crippen molar-refractivity contribution in [2.24, 2.45) is 10.3 Å². The van der Waals surface area contributed by atoms with Gasteiger partial charge >= 0.3 is 13.3 Å². The van der Waals surface area contributed by atoms with Crippen LogP contribution < -0.4 is 4.92 Å². The normalized spacial score (nSPS) is 18.7. The van der Waals surface area contributed by atoms with Crippen molar-refractivity contribution in [3.05, 3.63) is 24.3 Å². The van der Waals surface area contributed by atoms with Gasteiger partial charge in [-0.3, -0.25) is 0 Å². The highest BCUT2D eigenvalue weighted by atomic mass is 19.5. The molecular weight excluding hydrogens is 321 g/mol. The Morgan fingerprint density at radius 1 is 1.22 bits per heavy atom. The molecule has 1 heterocycles. The van der Waals surface area contributed by atoms with Gasteiger partial charge in [-0.1, -0.05) is 17.2 Å². The van der Waals surface area contributed by atoms with Crippen LogP contribution in [0.3, 0.4) is 0 Å². The largest absolute Gasteiger partial charge is 0.673 e. The SMILES string of the molecule is CN(C)C(O[N+]1(O)N=Nc2ccccc21)=[N+](C)C.F[B-](F)(F)F. The highest BCUT2D eigenvalue weighted by Crippen LogP contribution is 2.39. The van der Waals surface area contributed by atoms with Gasteiger partial charge in [-0.2, -0.15) is 4.84 Å². The van der Waals surface area contributed by atoms with Crippen molar-refractivity contribution >= 4 is 24.7 Å². The average molecular weight is 338 g/mol. The van der Waals surface area contributed by atoms with Gasteiger partial charge in [0.2, 0.25) is 0 Å². The number of quaternary nitrogens is 1. The van der Waals surface area contributed by atoms with E-state index in [-0.39, 0.29) is 0 Å². The lowest BCUT2D eigenvalue weighted by Crippen LogP contribution is -2.46. The number of amidine groups is 1. The van der Waals surface area contributed by atoms with E-state index in [2.05, 4.69) is 10.3 Å². The molecule has 1 atom stereocenters. The van der Waals surface area contributed by atoms with Gasteiger partial charge in [0.25, 0.3) is 5.69 Å². The van der Waals surface area contributed by atoms with Crippen LogP contribution in [-0.4, -0.2) is 56.1 Å². The van der Waals surface area contributed by atoms with E-state index >= 15 is 0 Å². The lowest BCUT2D eigenvalue weighted by Gasteiger charge is -2.17. The van der Waals surface area contributed by atoms with Gasteiger partial charge < -0.3 is 17.3 Å². The molecule has 2 rings (SSSR count). The molecule has 0 saturated carbocycles. The van der Waals surface area contributed by atoms with Gasteiger partial charge in [0.05, 0.1) is 28.2 Å². The maximum Gasteiger partial charge on any atom is 0.673 e. The third-order valence-electron chi connectivity index (χ3n) is 2.44. The molecule has 0 aromatic heterocycles. The van der Waals surface area contributed by atoms with E-state index in [4.69, 9.17) is 4.84 Å². The summed E-state index contributed by atoms with van der Waals surface area (Å²) < 4.78 is 40.7. The summed E-state index contributed by atoms with van der Waals surface area (Å²) in [4.78, 5) is 6.27. The molecule has 23 heavy (non-hydrogen) atoms. The molecule has 0 saturated heterocycles. The summed E-state index contributed by atoms with van der Waals surface area (Å²) in [5.74, 6) is 0. The Labute approximate surface area is 130 Å². The van der Waals surface area contributed by atoms with Gasteiger partial charge in [-0.15, -0.1) is 5.21 Å². The first kappa shape index (κ1) is 18.8. The standard InChI is InChI=1S/C11H17N5O2.BF4/c1-14(2)11(15(3)4)18-16(17)10-8-6-5-7-9(10)12-13-16;2-1(3,4)5/h5-8,17H,1-4H3;/q+2;-1. The Morgan fingerprint density at radius 2 is 1.74 bits per heavy atom. The Bertz CT molecular complexity index is 613. The highest BCUT2D eigenvalue weighted by molar-refractivity contribution is 6.50. The average Bonchev–Trinajstić information content (AvgIpc) is 2.72. The lowest BCUT2D eigenvalue weighted by atomic mass is 10.3. The number of hydrogen-bond acceptors (Lipinski definition) is 4. The van der Waals surface area contributed by atoms with E-state index in [9.17, 15) is 22.5 Å². The fourth-order valence-electron chi connectivity index (χ4n) is 1.70. The number of nitrogens with zero attached hydrogens (tertiary/aromatic N) is 5. The lowest BCUT2D eigenvalue weighted by molar-refractivity contribution is -0.492. The molecule has 1 N–H and O–H groups in total. The van der Waals surface area contributed by atoms with Crippen LogP contribution >= 0.6 is 0 Å². The minimum atomic E-state index is -6.00. The third kappa shape index (κ3) is 5.49. The van der Waals surface area contributed by atoms with Crippen molar-refractivity contribution in [3.8, 4) is 0 Å². The molecule has 0 spiro atoms. The van der Waals surface area contributed by atoms with Crippen molar-refractivity contribution in [1.29, 1.82) is 0 Å². The first-order chi connectivity index (χ1) is 10.4. The zero-order valence-corrected chi connectivity index (χ0v) is 13.0. The molecule has 0 radical (unpaired) electrons. The first-order valence-electron chi connectivity index (χ1n) is 6.37. The van der Waals surface area contributed by atoms with Crippen molar-refractivity contribution in [2.75, 3.05) is 28.2 Å². The number of benzene rings is 1. The van der Waals surface area contributed by atoms with E-state index in [1.165, 1.54) is 0 Å². The Kier molecular flexibility index (Phi) is 5.67. The van der Waals surface area contributed by atoms with Crippen LogP contribution in [0.25, 0.3) is 0 Å². The maximum atomic E-state index is 10.4. The fourth-order valence-corrected chi connectivity index (χ4v) is 1.70. The summed E-state index contributed by atoms with van der Waals surface area (Å²) in [6.45, 7) is 0. The van der Waals surface area contributed by atoms with Crippen LogP contribution in [0.2, 0.25) is 0 Å². The van der Waals surface area contributed by atoms with Crippen LogP contribution in [0, 0.1) is 0 Å². The Morgan fingerprint density at radius 3 is 2.22 bits per heavy atom.